The quantitative estimate of drug-likeness (QED) is 0.472. The predicted octanol–water partition coefficient (Wildman–Crippen LogP) is 4.27. The van der Waals surface area contributed by atoms with Gasteiger partial charge in [-0.25, -0.2) is 8.42 Å². The third kappa shape index (κ3) is 6.76. The monoisotopic (exact) mass is 502 g/mol. The summed E-state index contributed by atoms with van der Waals surface area (Å²) in [6.07, 6.45) is -2.67. The molecule has 0 saturated heterocycles. The van der Waals surface area contributed by atoms with Gasteiger partial charge in [0.15, 0.2) is 0 Å². The van der Waals surface area contributed by atoms with E-state index in [4.69, 9.17) is 4.74 Å². The Bertz CT molecular complexity index is 1120. The minimum atomic E-state index is -4.93. The lowest BCUT2D eigenvalue weighted by atomic mass is 10.0. The molecule has 0 spiro atoms. The number of alkyl halides is 3. The van der Waals surface area contributed by atoms with Crippen LogP contribution in [0.1, 0.15) is 32.6 Å². The number of halogens is 3. The van der Waals surface area contributed by atoms with Crippen LogP contribution in [0.4, 0.5) is 24.5 Å². The first kappa shape index (κ1) is 25.6. The number of hydrogen-bond acceptors (Lipinski definition) is 6. The number of ether oxygens (including phenoxy) is 2. The summed E-state index contributed by atoms with van der Waals surface area (Å²) in [5.74, 6) is -1.38. The number of aliphatic hydroxyl groups excluding tert-OH is 1. The molecule has 1 saturated carbocycles. The summed E-state index contributed by atoms with van der Waals surface area (Å²) >= 11 is 0. The standard InChI is InChI=1S/C22H25F3N2O6S/c1-2-32-18-13-15(26-21(29)20(28)14-6-3-4-7-14)10-11-19(18)34(30,31)27-16-8-5-9-17(12-16)33-22(23,24)25/h5,8-14,20,27-28H,2-4,6-7H2,1H3,(H,26,29)/t20-/m1/s1. The highest BCUT2D eigenvalue weighted by Gasteiger charge is 2.31. The number of aliphatic hydroxyl groups is 1. The Morgan fingerprint density at radius 2 is 1.85 bits per heavy atom. The first-order valence-corrected chi connectivity index (χ1v) is 12.1. The Labute approximate surface area is 195 Å². The van der Waals surface area contributed by atoms with Crippen LogP contribution in [0.3, 0.4) is 0 Å². The molecule has 8 nitrogen and oxygen atoms in total. The summed E-state index contributed by atoms with van der Waals surface area (Å²) in [6, 6.07) is 8.23. The van der Waals surface area contributed by atoms with Crippen molar-refractivity contribution in [1.29, 1.82) is 0 Å². The van der Waals surface area contributed by atoms with Crippen LogP contribution in [0.2, 0.25) is 0 Å². The molecule has 0 aromatic heterocycles. The number of carbonyl (C=O) groups excluding carboxylic acids is 1. The van der Waals surface area contributed by atoms with E-state index >= 15 is 0 Å². The maximum Gasteiger partial charge on any atom is 0.573 e. The molecule has 1 fully saturated rings. The lowest BCUT2D eigenvalue weighted by molar-refractivity contribution is -0.274. The smallest absolute Gasteiger partial charge is 0.492 e. The molecule has 2 aromatic carbocycles. The summed E-state index contributed by atoms with van der Waals surface area (Å²) in [6.45, 7) is 1.75. The molecular formula is C22H25F3N2O6S. The van der Waals surface area contributed by atoms with Gasteiger partial charge in [0.2, 0.25) is 0 Å². The van der Waals surface area contributed by atoms with Crippen molar-refractivity contribution in [2.75, 3.05) is 16.6 Å². The molecule has 0 radical (unpaired) electrons. The molecule has 0 heterocycles. The zero-order chi connectivity index (χ0) is 24.9. The molecule has 1 aliphatic rings. The van der Waals surface area contributed by atoms with Crippen molar-refractivity contribution in [1.82, 2.24) is 0 Å². The Balaban J connectivity index is 1.80. The zero-order valence-electron chi connectivity index (χ0n) is 18.3. The van der Waals surface area contributed by atoms with Crippen LogP contribution in [0.15, 0.2) is 47.4 Å². The molecule has 2 aromatic rings. The fourth-order valence-electron chi connectivity index (χ4n) is 3.75. The first-order chi connectivity index (χ1) is 16.0. The summed E-state index contributed by atoms with van der Waals surface area (Å²) in [5.41, 5.74) is 0.0753. The van der Waals surface area contributed by atoms with E-state index in [1.807, 2.05) is 0 Å². The molecule has 0 aliphatic heterocycles. The van der Waals surface area contributed by atoms with Crippen LogP contribution in [0.25, 0.3) is 0 Å². The highest BCUT2D eigenvalue weighted by Crippen LogP contribution is 2.32. The number of anilines is 2. The zero-order valence-corrected chi connectivity index (χ0v) is 19.1. The van der Waals surface area contributed by atoms with E-state index in [1.54, 1.807) is 6.92 Å². The SMILES string of the molecule is CCOc1cc(NC(=O)[C@H](O)C2CCCC2)ccc1S(=O)(=O)Nc1cccc(OC(F)(F)F)c1. The van der Waals surface area contributed by atoms with Crippen LogP contribution in [-0.2, 0) is 14.8 Å². The van der Waals surface area contributed by atoms with Crippen LogP contribution in [-0.4, -0.2) is 38.5 Å². The normalized spacial score (nSPS) is 15.6. The molecule has 1 amide bonds. The fraction of sp³-hybridized carbons (Fsp3) is 0.409. The average Bonchev–Trinajstić information content (AvgIpc) is 3.27. The van der Waals surface area contributed by atoms with Crippen molar-refractivity contribution in [2.45, 2.75) is 50.0 Å². The molecule has 3 rings (SSSR count). The Morgan fingerprint density at radius 1 is 1.15 bits per heavy atom. The topological polar surface area (TPSA) is 114 Å². The van der Waals surface area contributed by atoms with Gasteiger partial charge in [0.25, 0.3) is 15.9 Å². The number of sulfonamides is 1. The molecular weight excluding hydrogens is 477 g/mol. The van der Waals surface area contributed by atoms with E-state index in [-0.39, 0.29) is 34.5 Å². The Hall–Kier alpha value is -2.99. The summed E-state index contributed by atoms with van der Waals surface area (Å²) in [7, 11) is -4.28. The number of rotatable bonds is 9. The molecule has 0 bridgehead atoms. The molecule has 1 aliphatic carbocycles. The van der Waals surface area contributed by atoms with Gasteiger partial charge >= 0.3 is 6.36 Å². The molecule has 1 atom stereocenters. The van der Waals surface area contributed by atoms with Crippen LogP contribution < -0.4 is 19.5 Å². The van der Waals surface area contributed by atoms with E-state index in [0.717, 1.165) is 37.8 Å². The van der Waals surface area contributed by atoms with Gasteiger partial charge in [0.1, 0.15) is 22.5 Å². The predicted molar refractivity (Wildman–Crippen MR) is 118 cm³/mol. The van der Waals surface area contributed by atoms with Gasteiger partial charge in [0, 0.05) is 17.8 Å². The summed E-state index contributed by atoms with van der Waals surface area (Å²) in [5, 5.41) is 12.8. The second-order valence-corrected chi connectivity index (χ2v) is 9.41. The average molecular weight is 503 g/mol. The van der Waals surface area contributed by atoms with Crippen molar-refractivity contribution in [3.8, 4) is 11.5 Å². The number of amides is 1. The number of nitrogens with one attached hydrogen (secondary N) is 2. The lowest BCUT2D eigenvalue weighted by Gasteiger charge is -2.18. The molecule has 12 heteroatoms. The number of hydrogen-bond donors (Lipinski definition) is 3. The lowest BCUT2D eigenvalue weighted by Crippen LogP contribution is -2.33. The summed E-state index contributed by atoms with van der Waals surface area (Å²) < 4.78 is 74.7. The van der Waals surface area contributed by atoms with E-state index in [1.165, 1.54) is 30.3 Å². The van der Waals surface area contributed by atoms with E-state index < -0.39 is 34.1 Å². The highest BCUT2D eigenvalue weighted by atomic mass is 32.2. The number of benzene rings is 2. The van der Waals surface area contributed by atoms with Crippen molar-refractivity contribution >= 4 is 27.3 Å². The summed E-state index contributed by atoms with van der Waals surface area (Å²) in [4.78, 5) is 12.1. The third-order valence-electron chi connectivity index (χ3n) is 5.24. The van der Waals surface area contributed by atoms with Crippen LogP contribution >= 0.6 is 0 Å². The van der Waals surface area contributed by atoms with E-state index in [2.05, 4.69) is 14.8 Å². The largest absolute Gasteiger partial charge is 0.573 e. The highest BCUT2D eigenvalue weighted by molar-refractivity contribution is 7.92. The van der Waals surface area contributed by atoms with E-state index in [0.29, 0.717) is 0 Å². The van der Waals surface area contributed by atoms with Gasteiger partial charge in [0.05, 0.1) is 12.3 Å². The second-order valence-electron chi connectivity index (χ2n) is 7.75. The second kappa shape index (κ2) is 10.5. The van der Waals surface area contributed by atoms with Gasteiger partial charge in [-0.15, -0.1) is 13.2 Å². The van der Waals surface area contributed by atoms with Crippen molar-refractivity contribution in [2.24, 2.45) is 5.92 Å². The van der Waals surface area contributed by atoms with Gasteiger partial charge in [-0.05, 0) is 49.9 Å². The van der Waals surface area contributed by atoms with Crippen molar-refractivity contribution in [3.05, 3.63) is 42.5 Å². The van der Waals surface area contributed by atoms with Crippen molar-refractivity contribution in [3.63, 3.8) is 0 Å². The van der Waals surface area contributed by atoms with Crippen molar-refractivity contribution < 1.29 is 41.0 Å². The number of carbonyl (C=O) groups is 1. The molecule has 3 N–H and O–H groups in total. The molecule has 34 heavy (non-hydrogen) atoms. The minimum Gasteiger partial charge on any atom is -0.492 e. The van der Waals surface area contributed by atoms with Crippen LogP contribution in [0.5, 0.6) is 11.5 Å². The van der Waals surface area contributed by atoms with E-state index in [9.17, 15) is 31.5 Å². The molecule has 0 unspecified atom stereocenters. The minimum absolute atomic E-state index is 0.0779. The fourth-order valence-corrected chi connectivity index (χ4v) is 4.92. The maximum atomic E-state index is 12.9. The Morgan fingerprint density at radius 3 is 2.50 bits per heavy atom. The van der Waals surface area contributed by atoms with Crippen LogP contribution in [0, 0.1) is 5.92 Å². The molecule has 186 valence electrons. The van der Waals surface area contributed by atoms with Gasteiger partial charge in [-0.2, -0.15) is 0 Å². The third-order valence-corrected chi connectivity index (χ3v) is 6.66. The maximum absolute atomic E-state index is 12.9. The van der Waals surface area contributed by atoms with Gasteiger partial charge < -0.3 is 19.9 Å². The first-order valence-electron chi connectivity index (χ1n) is 10.6. The Kier molecular flexibility index (Phi) is 7.93. The van der Waals surface area contributed by atoms with Gasteiger partial charge in [-0.1, -0.05) is 18.9 Å². The van der Waals surface area contributed by atoms with Gasteiger partial charge in [-0.3, -0.25) is 9.52 Å².